The third-order valence-corrected chi connectivity index (χ3v) is 2.68. The summed E-state index contributed by atoms with van der Waals surface area (Å²) in [6, 6.07) is 0.760. The van der Waals surface area contributed by atoms with Gasteiger partial charge in [-0.2, -0.15) is 5.10 Å². The maximum atomic E-state index is 4.06. The molecule has 0 unspecified atom stereocenters. The van der Waals surface area contributed by atoms with Gasteiger partial charge in [0.15, 0.2) is 0 Å². The van der Waals surface area contributed by atoms with Crippen LogP contribution in [0.1, 0.15) is 64.3 Å². The van der Waals surface area contributed by atoms with E-state index in [0.29, 0.717) is 12.1 Å². The van der Waals surface area contributed by atoms with Crippen molar-refractivity contribution in [1.29, 1.82) is 0 Å². The summed E-state index contributed by atoms with van der Waals surface area (Å²) >= 11 is 0. The van der Waals surface area contributed by atoms with Crippen molar-refractivity contribution in [2.24, 2.45) is 0 Å². The fourth-order valence-electron chi connectivity index (χ4n) is 1.46. The molecule has 0 aliphatic carbocycles. The summed E-state index contributed by atoms with van der Waals surface area (Å²) in [5.41, 5.74) is 3.03. The molecule has 2 heterocycles. The Labute approximate surface area is 153 Å². The molecule has 0 atom stereocenters. The van der Waals surface area contributed by atoms with Crippen molar-refractivity contribution in [3.63, 3.8) is 0 Å². The molecule has 0 aliphatic rings. The second-order valence-electron chi connectivity index (χ2n) is 5.11. The van der Waals surface area contributed by atoms with E-state index in [1.807, 2.05) is 39.3 Å². The van der Waals surface area contributed by atoms with Crippen molar-refractivity contribution in [1.82, 2.24) is 30.0 Å². The fourth-order valence-corrected chi connectivity index (χ4v) is 1.46. The molecule has 7 heteroatoms. The minimum Gasteiger partial charge on any atom is -0.374 e. The summed E-state index contributed by atoms with van der Waals surface area (Å²) in [7, 11) is 0. The Morgan fingerprint density at radius 3 is 1.76 bits per heavy atom. The van der Waals surface area contributed by atoms with Crippen LogP contribution in [0.3, 0.4) is 0 Å². The summed E-state index contributed by atoms with van der Waals surface area (Å²) < 4.78 is 1.93. The summed E-state index contributed by atoms with van der Waals surface area (Å²) in [5, 5.41) is 15.9. The molecule has 0 N–H and O–H groups in total. The standard InChI is InChI=1S/C7H13N3.C6H10N3.CH4.Y/c1-5(2)10-7(4)6(3)8-9-10;1-5(2)9-7-4-6(3)8-9;;/h5H,1-4H3;5H,1-3H3;1H4;/q;-1;;. The predicted molar refractivity (Wildman–Crippen MR) is 80.6 cm³/mol. The first kappa shape index (κ1) is 22.7. The van der Waals surface area contributed by atoms with Crippen molar-refractivity contribution in [2.45, 2.75) is 68.0 Å². The second kappa shape index (κ2) is 10.2. The van der Waals surface area contributed by atoms with Gasteiger partial charge in [0, 0.05) is 38.8 Å². The van der Waals surface area contributed by atoms with E-state index in [0.717, 1.165) is 17.1 Å². The van der Waals surface area contributed by atoms with Gasteiger partial charge in [-0.3, -0.25) is 0 Å². The van der Waals surface area contributed by atoms with Gasteiger partial charge >= 0.3 is 0 Å². The Hall–Kier alpha value is -0.616. The van der Waals surface area contributed by atoms with Crippen molar-refractivity contribution < 1.29 is 32.7 Å². The molecule has 0 saturated heterocycles. The molecule has 2 rings (SSSR count). The number of hydrogen-bond donors (Lipinski definition) is 0. The SMILES string of the molecule is C.Cc1[c-]nn(C(C)C)n1.Cc1nnn(C(C)C)c1C.[Y]. The normalized spacial score (nSPS) is 9.76. The molecule has 6 nitrogen and oxygen atoms in total. The first-order valence-electron chi connectivity index (χ1n) is 6.52. The van der Waals surface area contributed by atoms with Crippen LogP contribution in [0.15, 0.2) is 0 Å². The summed E-state index contributed by atoms with van der Waals surface area (Å²) in [6.07, 6.45) is 2.75. The van der Waals surface area contributed by atoms with Crippen LogP contribution in [-0.2, 0) is 32.7 Å². The summed E-state index contributed by atoms with van der Waals surface area (Å²) in [5.74, 6) is 0. The number of nitrogens with zero attached hydrogens (tertiary/aromatic N) is 6. The van der Waals surface area contributed by atoms with Crippen LogP contribution in [0.25, 0.3) is 0 Å². The number of aromatic nitrogens is 6. The van der Waals surface area contributed by atoms with E-state index in [1.165, 1.54) is 0 Å². The molecule has 0 aromatic carbocycles. The van der Waals surface area contributed by atoms with Gasteiger partial charge in [0.1, 0.15) is 0 Å². The van der Waals surface area contributed by atoms with E-state index in [4.69, 9.17) is 0 Å². The van der Waals surface area contributed by atoms with Crippen molar-refractivity contribution >= 4 is 0 Å². The molecule has 2 aromatic rings. The van der Waals surface area contributed by atoms with Gasteiger partial charge in [0.2, 0.25) is 0 Å². The monoisotopic (exact) mass is 368 g/mol. The molecule has 2 aromatic heterocycles. The number of rotatable bonds is 2. The van der Waals surface area contributed by atoms with Crippen LogP contribution in [-0.4, -0.2) is 30.0 Å². The molecular weight excluding hydrogens is 341 g/mol. The third kappa shape index (κ3) is 6.78. The number of aryl methyl sites for hydroxylation is 2. The predicted octanol–water partition coefficient (Wildman–Crippen LogP) is 3.08. The van der Waals surface area contributed by atoms with E-state index in [9.17, 15) is 0 Å². The van der Waals surface area contributed by atoms with Crippen molar-refractivity contribution in [3.8, 4) is 0 Å². The second-order valence-corrected chi connectivity index (χ2v) is 5.11. The van der Waals surface area contributed by atoms with Gasteiger partial charge in [-0.25, -0.2) is 9.48 Å². The Morgan fingerprint density at radius 2 is 1.57 bits per heavy atom. The average Bonchev–Trinajstić information content (AvgIpc) is 2.88. The summed E-state index contributed by atoms with van der Waals surface area (Å²) in [6.45, 7) is 14.2. The smallest absolute Gasteiger partial charge is 0.0825 e. The number of hydrogen-bond acceptors (Lipinski definition) is 4. The van der Waals surface area contributed by atoms with Gasteiger partial charge in [0.05, 0.1) is 17.4 Å². The molecule has 0 fully saturated rings. The van der Waals surface area contributed by atoms with Crippen LogP contribution in [0.5, 0.6) is 0 Å². The first-order valence-corrected chi connectivity index (χ1v) is 6.52. The summed E-state index contributed by atoms with van der Waals surface area (Å²) in [4.78, 5) is 1.65. The van der Waals surface area contributed by atoms with E-state index in [-0.39, 0.29) is 40.1 Å². The maximum Gasteiger partial charge on any atom is 0.0825 e. The van der Waals surface area contributed by atoms with Gasteiger partial charge in [-0.05, 0) is 41.5 Å². The molecule has 21 heavy (non-hydrogen) atoms. The van der Waals surface area contributed by atoms with Gasteiger partial charge in [-0.1, -0.05) is 19.6 Å². The van der Waals surface area contributed by atoms with Gasteiger partial charge in [-0.15, -0.1) is 10.8 Å². The Bertz CT molecular complexity index is 515. The minimum atomic E-state index is 0. The molecule has 0 amide bonds. The molecule has 0 aliphatic heterocycles. The van der Waals surface area contributed by atoms with Crippen LogP contribution >= 0.6 is 0 Å². The largest absolute Gasteiger partial charge is 0.374 e. The van der Waals surface area contributed by atoms with Gasteiger partial charge in [0.25, 0.3) is 0 Å². The molecule has 0 saturated carbocycles. The van der Waals surface area contributed by atoms with Crippen molar-refractivity contribution in [3.05, 3.63) is 23.3 Å². The minimum absolute atomic E-state index is 0. The van der Waals surface area contributed by atoms with Crippen LogP contribution in [0.2, 0.25) is 0 Å². The van der Waals surface area contributed by atoms with E-state index in [1.54, 1.807) is 4.80 Å². The van der Waals surface area contributed by atoms with E-state index in [2.05, 4.69) is 40.6 Å². The Balaban J connectivity index is 0. The molecular formula is C14H27N6Y-. The zero-order valence-electron chi connectivity index (χ0n) is 13.4. The topological polar surface area (TPSA) is 61.4 Å². The Morgan fingerprint density at radius 1 is 1.00 bits per heavy atom. The fraction of sp³-hybridized carbons (Fsp3) is 0.714. The first-order chi connectivity index (χ1) is 8.82. The molecule has 1 radical (unpaired) electrons. The maximum absolute atomic E-state index is 4.06. The van der Waals surface area contributed by atoms with Crippen LogP contribution in [0, 0.1) is 27.0 Å². The molecule has 0 bridgehead atoms. The third-order valence-electron chi connectivity index (χ3n) is 2.68. The Kier molecular flexibility index (Phi) is 11.0. The van der Waals surface area contributed by atoms with Gasteiger partial charge < -0.3 is 11.3 Å². The van der Waals surface area contributed by atoms with E-state index < -0.39 is 0 Å². The average molecular weight is 368 g/mol. The quantitative estimate of drug-likeness (QED) is 0.765. The van der Waals surface area contributed by atoms with E-state index >= 15 is 0 Å². The van der Waals surface area contributed by atoms with Crippen LogP contribution < -0.4 is 0 Å². The van der Waals surface area contributed by atoms with Crippen LogP contribution in [0.4, 0.5) is 0 Å². The van der Waals surface area contributed by atoms with Crippen molar-refractivity contribution in [2.75, 3.05) is 0 Å². The zero-order chi connectivity index (χ0) is 14.6. The zero-order valence-corrected chi connectivity index (χ0v) is 16.3. The molecule has 0 spiro atoms. The molecule has 117 valence electrons.